The van der Waals surface area contributed by atoms with Crippen molar-refractivity contribution in [1.82, 2.24) is 0 Å². The third-order valence-corrected chi connectivity index (χ3v) is 4.84. The average Bonchev–Trinajstić information content (AvgIpc) is 2.41. The molecule has 0 radical (unpaired) electrons. The molecule has 1 aliphatic rings. The van der Waals surface area contributed by atoms with E-state index in [0.717, 1.165) is 30.4 Å². The van der Waals surface area contributed by atoms with Crippen LogP contribution in [0.2, 0.25) is 0 Å². The first-order valence-electron chi connectivity index (χ1n) is 7.95. The molecule has 2 unspecified atom stereocenters. The summed E-state index contributed by atoms with van der Waals surface area (Å²) in [6.45, 7) is 12.4. The lowest BCUT2D eigenvalue weighted by molar-refractivity contribution is -0.123. The molecule has 0 bridgehead atoms. The number of nitrogens with one attached hydrogen (secondary N) is 1. The molecule has 2 atom stereocenters. The zero-order valence-electron chi connectivity index (χ0n) is 14.1. The third kappa shape index (κ3) is 3.70. The van der Waals surface area contributed by atoms with Gasteiger partial charge in [0, 0.05) is 17.7 Å². The van der Waals surface area contributed by atoms with E-state index in [1.165, 1.54) is 0 Å². The van der Waals surface area contributed by atoms with Crippen LogP contribution in [0.15, 0.2) is 30.4 Å². The highest BCUT2D eigenvalue weighted by atomic mass is 16.3. The zero-order valence-corrected chi connectivity index (χ0v) is 14.1. The average molecular weight is 301 g/mol. The second-order valence-electron chi connectivity index (χ2n) is 7.46. The molecule has 0 saturated heterocycles. The predicted molar refractivity (Wildman–Crippen MR) is 90.9 cm³/mol. The van der Waals surface area contributed by atoms with E-state index in [1.54, 1.807) is 6.07 Å². The number of hydrogen-bond donors (Lipinski definition) is 2. The highest BCUT2D eigenvalue weighted by molar-refractivity contribution is 5.93. The van der Waals surface area contributed by atoms with Crippen molar-refractivity contribution in [2.45, 2.75) is 47.0 Å². The molecule has 1 aromatic rings. The Morgan fingerprint density at radius 3 is 2.64 bits per heavy atom. The van der Waals surface area contributed by atoms with Crippen molar-refractivity contribution in [2.75, 3.05) is 5.32 Å². The Morgan fingerprint density at radius 2 is 2.05 bits per heavy atom. The number of carbonyl (C=O) groups is 1. The number of rotatable bonds is 3. The number of hydrogen-bond acceptors (Lipinski definition) is 2. The van der Waals surface area contributed by atoms with Gasteiger partial charge in [0.05, 0.1) is 0 Å². The molecule has 1 saturated carbocycles. The van der Waals surface area contributed by atoms with Crippen LogP contribution in [0.5, 0.6) is 5.75 Å². The first-order chi connectivity index (χ1) is 10.2. The standard InChI is InChI=1S/C19H27NO2/c1-12(2)15-8-9-19(4,5)11-16(15)18(22)20-14-7-6-13(3)17(21)10-14/h6-7,10,15-16,21H,1,8-9,11H2,2-5H3,(H,20,22). The summed E-state index contributed by atoms with van der Waals surface area (Å²) in [6.07, 6.45) is 3.01. The van der Waals surface area contributed by atoms with Crippen molar-refractivity contribution in [3.8, 4) is 5.75 Å². The lowest BCUT2D eigenvalue weighted by Gasteiger charge is -2.40. The van der Waals surface area contributed by atoms with Crippen molar-refractivity contribution < 1.29 is 9.90 Å². The van der Waals surface area contributed by atoms with Gasteiger partial charge in [-0.25, -0.2) is 0 Å². The fourth-order valence-electron chi connectivity index (χ4n) is 3.37. The number of phenolic OH excluding ortho intramolecular Hbond substituents is 1. The molecule has 120 valence electrons. The Kier molecular flexibility index (Phi) is 4.64. The van der Waals surface area contributed by atoms with Crippen LogP contribution in [-0.4, -0.2) is 11.0 Å². The van der Waals surface area contributed by atoms with Crippen LogP contribution in [0.4, 0.5) is 5.69 Å². The second-order valence-corrected chi connectivity index (χ2v) is 7.46. The van der Waals surface area contributed by atoms with Gasteiger partial charge in [0.15, 0.2) is 0 Å². The molecule has 2 rings (SSSR count). The maximum absolute atomic E-state index is 12.7. The zero-order chi connectivity index (χ0) is 16.5. The van der Waals surface area contributed by atoms with Gasteiger partial charge >= 0.3 is 0 Å². The minimum absolute atomic E-state index is 0.0315. The van der Waals surface area contributed by atoms with Crippen molar-refractivity contribution in [1.29, 1.82) is 0 Å². The van der Waals surface area contributed by atoms with Gasteiger partial charge in [-0.15, -0.1) is 0 Å². The Morgan fingerprint density at radius 1 is 1.36 bits per heavy atom. The van der Waals surface area contributed by atoms with Gasteiger partial charge < -0.3 is 10.4 Å². The second kappa shape index (κ2) is 6.15. The number of carbonyl (C=O) groups excluding carboxylic acids is 1. The first-order valence-corrected chi connectivity index (χ1v) is 7.95. The molecule has 0 spiro atoms. The van der Waals surface area contributed by atoms with Gasteiger partial charge in [0.2, 0.25) is 5.91 Å². The molecule has 2 N–H and O–H groups in total. The Bertz CT molecular complexity index is 589. The fourth-order valence-corrected chi connectivity index (χ4v) is 3.37. The molecule has 1 aromatic carbocycles. The van der Waals surface area contributed by atoms with Gasteiger partial charge in [-0.1, -0.05) is 32.1 Å². The molecule has 0 aliphatic heterocycles. The van der Waals surface area contributed by atoms with Crippen LogP contribution in [0.1, 0.15) is 45.6 Å². The minimum Gasteiger partial charge on any atom is -0.508 e. The largest absolute Gasteiger partial charge is 0.508 e. The van der Waals surface area contributed by atoms with Crippen LogP contribution >= 0.6 is 0 Å². The summed E-state index contributed by atoms with van der Waals surface area (Å²) in [6, 6.07) is 5.25. The minimum atomic E-state index is -0.0512. The summed E-state index contributed by atoms with van der Waals surface area (Å²) in [7, 11) is 0. The first kappa shape index (κ1) is 16.6. The summed E-state index contributed by atoms with van der Waals surface area (Å²) in [4.78, 5) is 12.7. The van der Waals surface area contributed by atoms with E-state index < -0.39 is 0 Å². The highest BCUT2D eigenvalue weighted by Crippen LogP contribution is 2.44. The number of aromatic hydroxyl groups is 1. The molecular formula is C19H27NO2. The van der Waals surface area contributed by atoms with Crippen LogP contribution in [0, 0.1) is 24.2 Å². The maximum atomic E-state index is 12.7. The number of amides is 1. The van der Waals surface area contributed by atoms with Gasteiger partial charge in [0.25, 0.3) is 0 Å². The number of allylic oxidation sites excluding steroid dienone is 1. The molecule has 0 heterocycles. The third-order valence-electron chi connectivity index (χ3n) is 4.84. The van der Waals surface area contributed by atoms with Crippen LogP contribution < -0.4 is 5.32 Å². The molecule has 3 nitrogen and oxygen atoms in total. The van der Waals surface area contributed by atoms with Crippen molar-refractivity contribution in [3.63, 3.8) is 0 Å². The Balaban J connectivity index is 2.17. The van der Waals surface area contributed by atoms with Crippen molar-refractivity contribution >= 4 is 11.6 Å². The van der Waals surface area contributed by atoms with E-state index >= 15 is 0 Å². The monoisotopic (exact) mass is 301 g/mol. The van der Waals surface area contributed by atoms with Crippen LogP contribution in [-0.2, 0) is 4.79 Å². The van der Waals surface area contributed by atoms with Gasteiger partial charge in [0.1, 0.15) is 5.75 Å². The lowest BCUT2D eigenvalue weighted by atomic mass is 9.65. The van der Waals surface area contributed by atoms with E-state index in [4.69, 9.17) is 0 Å². The van der Waals surface area contributed by atoms with Gasteiger partial charge in [-0.05, 0) is 56.1 Å². The molecule has 0 aromatic heterocycles. The van der Waals surface area contributed by atoms with Crippen molar-refractivity contribution in [2.24, 2.45) is 17.3 Å². The van der Waals surface area contributed by atoms with E-state index in [2.05, 4.69) is 25.7 Å². The number of benzene rings is 1. The van der Waals surface area contributed by atoms with E-state index in [-0.39, 0.29) is 28.9 Å². The number of anilines is 1. The lowest BCUT2D eigenvalue weighted by Crippen LogP contribution is -2.38. The van der Waals surface area contributed by atoms with Crippen LogP contribution in [0.25, 0.3) is 0 Å². The summed E-state index contributed by atoms with van der Waals surface area (Å²) < 4.78 is 0. The highest BCUT2D eigenvalue weighted by Gasteiger charge is 2.39. The van der Waals surface area contributed by atoms with Crippen LogP contribution in [0.3, 0.4) is 0 Å². The van der Waals surface area contributed by atoms with E-state index in [9.17, 15) is 9.90 Å². The predicted octanol–water partition coefficient (Wildman–Crippen LogP) is 4.66. The maximum Gasteiger partial charge on any atom is 0.228 e. The summed E-state index contributed by atoms with van der Waals surface area (Å²) in [5, 5.41) is 12.7. The molecule has 22 heavy (non-hydrogen) atoms. The quantitative estimate of drug-likeness (QED) is 0.798. The molecule has 3 heteroatoms. The molecule has 1 aliphatic carbocycles. The molecule has 1 amide bonds. The normalized spacial score (nSPS) is 23.8. The Hall–Kier alpha value is -1.77. The summed E-state index contributed by atoms with van der Waals surface area (Å²) in [5.41, 5.74) is 2.72. The Labute approximate surface area is 133 Å². The smallest absolute Gasteiger partial charge is 0.228 e. The topological polar surface area (TPSA) is 49.3 Å². The fraction of sp³-hybridized carbons (Fsp3) is 0.526. The SMILES string of the molecule is C=C(C)C1CCC(C)(C)CC1C(=O)Nc1ccc(C)c(O)c1. The van der Waals surface area contributed by atoms with E-state index in [0.29, 0.717) is 5.69 Å². The van der Waals surface area contributed by atoms with Gasteiger partial charge in [-0.3, -0.25) is 4.79 Å². The van der Waals surface area contributed by atoms with Crippen molar-refractivity contribution in [3.05, 3.63) is 35.9 Å². The van der Waals surface area contributed by atoms with Gasteiger partial charge in [-0.2, -0.15) is 0 Å². The molecular weight excluding hydrogens is 274 g/mol. The molecule has 1 fully saturated rings. The summed E-state index contributed by atoms with van der Waals surface area (Å²) >= 11 is 0. The number of phenols is 1. The summed E-state index contributed by atoms with van der Waals surface area (Å²) in [5.74, 6) is 0.430. The van der Waals surface area contributed by atoms with E-state index in [1.807, 2.05) is 26.0 Å². The number of aryl methyl sites for hydroxylation is 1.